The largest absolute Gasteiger partial charge is 0.298 e. The van der Waals surface area contributed by atoms with E-state index in [9.17, 15) is 4.79 Å². The second-order valence-corrected chi connectivity index (χ2v) is 6.10. The summed E-state index contributed by atoms with van der Waals surface area (Å²) in [5.41, 5.74) is 3.52. The highest BCUT2D eigenvalue weighted by molar-refractivity contribution is 7.14. The Labute approximate surface area is 137 Å². The van der Waals surface area contributed by atoms with Gasteiger partial charge in [0.15, 0.2) is 5.13 Å². The zero-order valence-electron chi connectivity index (χ0n) is 11.8. The van der Waals surface area contributed by atoms with Crippen molar-refractivity contribution in [2.24, 2.45) is 0 Å². The van der Waals surface area contributed by atoms with E-state index in [4.69, 9.17) is 11.6 Å². The number of thiazole rings is 1. The molecule has 1 N–H and O–H groups in total. The van der Waals surface area contributed by atoms with Gasteiger partial charge >= 0.3 is 0 Å². The van der Waals surface area contributed by atoms with Gasteiger partial charge in [0, 0.05) is 10.9 Å². The number of aryl methyl sites for hydroxylation is 1. The fraction of sp³-hybridized carbons (Fsp3) is 0.0588. The fourth-order valence-electron chi connectivity index (χ4n) is 2.00. The van der Waals surface area contributed by atoms with Crippen molar-refractivity contribution in [2.45, 2.75) is 6.92 Å². The SMILES string of the molecule is Cc1ccc(-c2csc(NC(=O)c3ccccc3Cl)n2)cc1. The number of rotatable bonds is 3. The molecule has 0 aliphatic rings. The van der Waals surface area contributed by atoms with Gasteiger partial charge in [-0.2, -0.15) is 0 Å². The smallest absolute Gasteiger partial charge is 0.258 e. The van der Waals surface area contributed by atoms with Crippen LogP contribution >= 0.6 is 22.9 Å². The minimum atomic E-state index is -0.254. The van der Waals surface area contributed by atoms with Crippen LogP contribution in [0.2, 0.25) is 5.02 Å². The van der Waals surface area contributed by atoms with Crippen molar-refractivity contribution < 1.29 is 4.79 Å². The van der Waals surface area contributed by atoms with Crippen LogP contribution in [0.1, 0.15) is 15.9 Å². The van der Waals surface area contributed by atoms with Crippen LogP contribution in [0, 0.1) is 6.92 Å². The third-order valence-electron chi connectivity index (χ3n) is 3.19. The zero-order chi connectivity index (χ0) is 15.5. The maximum Gasteiger partial charge on any atom is 0.258 e. The number of carbonyl (C=O) groups excluding carboxylic acids is 1. The van der Waals surface area contributed by atoms with Crippen LogP contribution in [-0.2, 0) is 0 Å². The lowest BCUT2D eigenvalue weighted by atomic mass is 10.1. The maximum absolute atomic E-state index is 12.2. The molecule has 0 aliphatic carbocycles. The lowest BCUT2D eigenvalue weighted by molar-refractivity contribution is 0.102. The van der Waals surface area contributed by atoms with Crippen molar-refractivity contribution in [3.05, 3.63) is 70.1 Å². The summed E-state index contributed by atoms with van der Waals surface area (Å²) in [6, 6.07) is 15.1. The molecule has 2 aromatic carbocycles. The van der Waals surface area contributed by atoms with Crippen molar-refractivity contribution in [1.82, 2.24) is 4.98 Å². The molecule has 3 nitrogen and oxygen atoms in total. The molecular formula is C17H13ClN2OS. The standard InChI is InChI=1S/C17H13ClN2OS/c1-11-6-8-12(9-7-11)15-10-22-17(19-15)20-16(21)13-4-2-3-5-14(13)18/h2-10H,1H3,(H,19,20,21). The van der Waals surface area contributed by atoms with Crippen molar-refractivity contribution >= 4 is 34.0 Å². The van der Waals surface area contributed by atoms with Gasteiger partial charge in [-0.1, -0.05) is 53.6 Å². The van der Waals surface area contributed by atoms with Crippen molar-refractivity contribution in [3.8, 4) is 11.3 Å². The summed E-state index contributed by atoms with van der Waals surface area (Å²) in [5, 5.41) is 5.69. The van der Waals surface area contributed by atoms with Crippen LogP contribution in [0.25, 0.3) is 11.3 Å². The summed E-state index contributed by atoms with van der Waals surface area (Å²) >= 11 is 7.41. The van der Waals surface area contributed by atoms with E-state index in [0.29, 0.717) is 15.7 Å². The number of amides is 1. The third kappa shape index (κ3) is 3.18. The molecule has 1 aromatic heterocycles. The van der Waals surface area contributed by atoms with E-state index < -0.39 is 0 Å². The second-order valence-electron chi connectivity index (χ2n) is 4.84. The summed E-state index contributed by atoms with van der Waals surface area (Å²) in [6.07, 6.45) is 0. The molecule has 0 fully saturated rings. The molecule has 0 saturated heterocycles. The van der Waals surface area contributed by atoms with Gasteiger partial charge in [0.25, 0.3) is 5.91 Å². The van der Waals surface area contributed by atoms with Crippen molar-refractivity contribution in [1.29, 1.82) is 0 Å². The summed E-state index contributed by atoms with van der Waals surface area (Å²) in [7, 11) is 0. The van der Waals surface area contributed by atoms with E-state index in [-0.39, 0.29) is 5.91 Å². The molecule has 5 heteroatoms. The Bertz CT molecular complexity index is 812. The molecule has 110 valence electrons. The van der Waals surface area contributed by atoms with Gasteiger partial charge in [-0.3, -0.25) is 10.1 Å². The Hall–Kier alpha value is -2.17. The normalized spacial score (nSPS) is 10.5. The third-order valence-corrected chi connectivity index (χ3v) is 4.28. The molecular weight excluding hydrogens is 316 g/mol. The zero-order valence-corrected chi connectivity index (χ0v) is 13.4. The second kappa shape index (κ2) is 6.30. The Morgan fingerprint density at radius 1 is 1.14 bits per heavy atom. The number of aromatic nitrogens is 1. The molecule has 3 aromatic rings. The van der Waals surface area contributed by atoms with Crippen LogP contribution in [0.4, 0.5) is 5.13 Å². The summed E-state index contributed by atoms with van der Waals surface area (Å²) in [6.45, 7) is 2.04. The highest BCUT2D eigenvalue weighted by Crippen LogP contribution is 2.26. The fourth-order valence-corrected chi connectivity index (χ4v) is 2.93. The van der Waals surface area contributed by atoms with Crippen molar-refractivity contribution in [3.63, 3.8) is 0 Å². The monoisotopic (exact) mass is 328 g/mol. The van der Waals surface area contributed by atoms with Crippen LogP contribution in [0.15, 0.2) is 53.9 Å². The first-order valence-corrected chi connectivity index (χ1v) is 7.98. The van der Waals surface area contributed by atoms with Gasteiger partial charge in [-0.05, 0) is 19.1 Å². The molecule has 0 unspecified atom stereocenters. The molecule has 0 radical (unpaired) electrons. The number of halogens is 1. The van der Waals surface area contributed by atoms with Gasteiger partial charge in [-0.25, -0.2) is 4.98 Å². The van der Waals surface area contributed by atoms with Gasteiger partial charge in [-0.15, -0.1) is 11.3 Å². The van der Waals surface area contributed by atoms with E-state index >= 15 is 0 Å². The molecule has 0 atom stereocenters. The number of carbonyl (C=O) groups is 1. The number of anilines is 1. The van der Waals surface area contributed by atoms with E-state index in [1.165, 1.54) is 16.9 Å². The summed E-state index contributed by atoms with van der Waals surface area (Å²) < 4.78 is 0. The van der Waals surface area contributed by atoms with E-state index in [2.05, 4.69) is 10.3 Å². The first kappa shape index (κ1) is 14.8. The van der Waals surface area contributed by atoms with Crippen molar-refractivity contribution in [2.75, 3.05) is 5.32 Å². The Morgan fingerprint density at radius 2 is 1.86 bits per heavy atom. The minimum absolute atomic E-state index is 0.254. The predicted octanol–water partition coefficient (Wildman–Crippen LogP) is 5.02. The predicted molar refractivity (Wildman–Crippen MR) is 91.7 cm³/mol. The average molecular weight is 329 g/mol. The number of benzene rings is 2. The Balaban J connectivity index is 1.78. The lowest BCUT2D eigenvalue weighted by Crippen LogP contribution is -2.12. The highest BCUT2D eigenvalue weighted by Gasteiger charge is 2.12. The molecule has 0 spiro atoms. The minimum Gasteiger partial charge on any atom is -0.298 e. The van der Waals surface area contributed by atoms with Gasteiger partial charge in [0.05, 0.1) is 16.3 Å². The Morgan fingerprint density at radius 3 is 2.59 bits per heavy atom. The van der Waals surface area contributed by atoms with E-state index in [0.717, 1.165) is 11.3 Å². The summed E-state index contributed by atoms with van der Waals surface area (Å²) in [5.74, 6) is -0.254. The number of hydrogen-bond acceptors (Lipinski definition) is 3. The first-order chi connectivity index (χ1) is 10.6. The van der Waals surface area contributed by atoms with Gasteiger partial charge in [0.2, 0.25) is 0 Å². The summed E-state index contributed by atoms with van der Waals surface area (Å²) in [4.78, 5) is 16.6. The molecule has 1 amide bonds. The maximum atomic E-state index is 12.2. The number of hydrogen-bond donors (Lipinski definition) is 1. The van der Waals surface area contributed by atoms with Crippen LogP contribution in [0.5, 0.6) is 0 Å². The number of nitrogens with zero attached hydrogens (tertiary/aromatic N) is 1. The average Bonchev–Trinajstić information content (AvgIpc) is 2.97. The quantitative estimate of drug-likeness (QED) is 0.733. The lowest BCUT2D eigenvalue weighted by Gasteiger charge is -2.03. The molecule has 0 bridgehead atoms. The van der Waals surface area contributed by atoms with E-state index in [1.807, 2.05) is 36.6 Å². The molecule has 0 saturated carbocycles. The first-order valence-electron chi connectivity index (χ1n) is 6.72. The number of nitrogens with one attached hydrogen (secondary N) is 1. The molecule has 22 heavy (non-hydrogen) atoms. The van der Waals surface area contributed by atoms with Crippen LogP contribution < -0.4 is 5.32 Å². The van der Waals surface area contributed by atoms with E-state index in [1.54, 1.807) is 24.3 Å². The van der Waals surface area contributed by atoms with Gasteiger partial charge < -0.3 is 0 Å². The van der Waals surface area contributed by atoms with Crippen LogP contribution in [-0.4, -0.2) is 10.9 Å². The van der Waals surface area contributed by atoms with Gasteiger partial charge in [0.1, 0.15) is 0 Å². The molecule has 1 heterocycles. The topological polar surface area (TPSA) is 42.0 Å². The molecule has 3 rings (SSSR count). The van der Waals surface area contributed by atoms with Crippen LogP contribution in [0.3, 0.4) is 0 Å². The highest BCUT2D eigenvalue weighted by atomic mass is 35.5. The molecule has 0 aliphatic heterocycles. The Kier molecular flexibility index (Phi) is 4.22.